The molecule has 1 nitrogen and oxygen atoms in total. The summed E-state index contributed by atoms with van der Waals surface area (Å²) < 4.78 is 0. The highest BCUT2D eigenvalue weighted by Gasteiger charge is 2.21. The van der Waals surface area contributed by atoms with E-state index < -0.39 is 0 Å². The zero-order valence-corrected chi connectivity index (χ0v) is 11.6. The summed E-state index contributed by atoms with van der Waals surface area (Å²) in [7, 11) is 0. The molecule has 1 aliphatic rings. The van der Waals surface area contributed by atoms with Crippen LogP contribution in [0, 0.1) is 0 Å². The molecule has 1 heterocycles. The second kappa shape index (κ2) is 5.33. The summed E-state index contributed by atoms with van der Waals surface area (Å²) in [6.07, 6.45) is 1.20. The van der Waals surface area contributed by atoms with Crippen molar-refractivity contribution < 1.29 is 0 Å². The molecule has 1 N–H and O–H groups in total. The summed E-state index contributed by atoms with van der Waals surface area (Å²) in [4.78, 5) is 0. The van der Waals surface area contributed by atoms with Crippen molar-refractivity contribution in [1.82, 2.24) is 5.32 Å². The lowest BCUT2D eigenvalue weighted by molar-refractivity contribution is 0.572. The van der Waals surface area contributed by atoms with Gasteiger partial charge >= 0.3 is 0 Å². The average Bonchev–Trinajstić information content (AvgIpc) is 2.44. The molecule has 2 aromatic carbocycles. The lowest BCUT2D eigenvalue weighted by Crippen LogP contribution is -2.27. The number of rotatable bonds is 3. The van der Waals surface area contributed by atoms with Crippen LogP contribution in [-0.2, 0) is 5.75 Å². The molecule has 0 radical (unpaired) electrons. The summed E-state index contributed by atoms with van der Waals surface area (Å²) in [5, 5.41) is 6.48. The SMILES string of the molecule is CCCNC1CSCc2c1ccc1ccccc21. The van der Waals surface area contributed by atoms with Gasteiger partial charge in [0.05, 0.1) is 0 Å². The quantitative estimate of drug-likeness (QED) is 0.887. The lowest BCUT2D eigenvalue weighted by atomic mass is 9.95. The van der Waals surface area contributed by atoms with Crippen molar-refractivity contribution in [3.05, 3.63) is 47.5 Å². The number of thioether (sulfide) groups is 1. The highest BCUT2D eigenvalue weighted by atomic mass is 32.2. The highest BCUT2D eigenvalue weighted by molar-refractivity contribution is 7.98. The molecular weight excluding hydrogens is 238 g/mol. The lowest BCUT2D eigenvalue weighted by Gasteiger charge is -2.27. The summed E-state index contributed by atoms with van der Waals surface area (Å²) in [5.74, 6) is 2.35. The van der Waals surface area contributed by atoms with E-state index in [2.05, 4.69) is 48.6 Å². The van der Waals surface area contributed by atoms with Crippen LogP contribution in [0.25, 0.3) is 10.8 Å². The van der Waals surface area contributed by atoms with Crippen molar-refractivity contribution in [1.29, 1.82) is 0 Å². The number of hydrogen-bond donors (Lipinski definition) is 1. The molecule has 2 aromatic rings. The summed E-state index contributed by atoms with van der Waals surface area (Å²) in [5.41, 5.74) is 3.05. The van der Waals surface area contributed by atoms with E-state index in [-0.39, 0.29) is 0 Å². The minimum absolute atomic E-state index is 0.531. The first-order valence-corrected chi connectivity index (χ1v) is 7.87. The van der Waals surface area contributed by atoms with Gasteiger partial charge in [-0.25, -0.2) is 0 Å². The van der Waals surface area contributed by atoms with Gasteiger partial charge in [-0.2, -0.15) is 11.8 Å². The topological polar surface area (TPSA) is 12.0 Å². The summed E-state index contributed by atoms with van der Waals surface area (Å²) in [6.45, 7) is 3.34. The molecule has 0 amide bonds. The molecule has 0 bridgehead atoms. The minimum atomic E-state index is 0.531. The maximum absolute atomic E-state index is 3.67. The van der Waals surface area contributed by atoms with Crippen molar-refractivity contribution in [3.63, 3.8) is 0 Å². The van der Waals surface area contributed by atoms with Crippen LogP contribution in [0.3, 0.4) is 0 Å². The predicted octanol–water partition coefficient (Wildman–Crippen LogP) is 4.13. The Hall–Kier alpha value is -0.990. The molecule has 0 fully saturated rings. The van der Waals surface area contributed by atoms with Crippen LogP contribution in [-0.4, -0.2) is 12.3 Å². The molecule has 2 heteroatoms. The molecule has 1 aliphatic heterocycles. The molecule has 0 aromatic heterocycles. The molecule has 1 atom stereocenters. The molecule has 18 heavy (non-hydrogen) atoms. The molecule has 1 unspecified atom stereocenters. The van der Waals surface area contributed by atoms with Gasteiger partial charge < -0.3 is 5.32 Å². The van der Waals surface area contributed by atoms with Crippen LogP contribution < -0.4 is 5.32 Å². The first kappa shape index (κ1) is 12.1. The summed E-state index contributed by atoms with van der Waals surface area (Å²) in [6, 6.07) is 13.9. The predicted molar refractivity (Wildman–Crippen MR) is 81.1 cm³/mol. The van der Waals surface area contributed by atoms with Crippen molar-refractivity contribution in [2.45, 2.75) is 25.1 Å². The van der Waals surface area contributed by atoms with E-state index in [1.54, 1.807) is 0 Å². The molecule has 0 spiro atoms. The van der Waals surface area contributed by atoms with Crippen LogP contribution in [0.1, 0.15) is 30.5 Å². The number of fused-ring (bicyclic) bond motifs is 3. The Balaban J connectivity index is 2.05. The first-order valence-electron chi connectivity index (χ1n) is 6.72. The molecule has 0 aliphatic carbocycles. The fraction of sp³-hybridized carbons (Fsp3) is 0.375. The van der Waals surface area contributed by atoms with Crippen LogP contribution in [0.15, 0.2) is 36.4 Å². The fourth-order valence-electron chi connectivity index (χ4n) is 2.70. The van der Waals surface area contributed by atoms with Gasteiger partial charge in [-0.05, 0) is 34.9 Å². The van der Waals surface area contributed by atoms with E-state index in [1.807, 2.05) is 11.8 Å². The Morgan fingerprint density at radius 1 is 1.22 bits per heavy atom. The molecular formula is C16H19NS. The summed E-state index contributed by atoms with van der Waals surface area (Å²) >= 11 is 2.05. The molecule has 0 saturated heterocycles. The average molecular weight is 257 g/mol. The monoisotopic (exact) mass is 257 g/mol. The standard InChI is InChI=1S/C16H19NS/c1-2-9-17-16-11-18-10-15-13-6-4-3-5-12(13)7-8-14(15)16/h3-8,16-17H,2,9-11H2,1H3. The van der Waals surface area contributed by atoms with Gasteiger partial charge in [-0.1, -0.05) is 43.3 Å². The Morgan fingerprint density at radius 3 is 3.00 bits per heavy atom. The number of hydrogen-bond acceptors (Lipinski definition) is 2. The maximum atomic E-state index is 3.67. The number of nitrogens with one attached hydrogen (secondary N) is 1. The van der Waals surface area contributed by atoms with Gasteiger partial charge in [0.1, 0.15) is 0 Å². The van der Waals surface area contributed by atoms with Crippen LogP contribution in [0.4, 0.5) is 0 Å². The molecule has 3 rings (SSSR count). The fourth-order valence-corrected chi connectivity index (χ4v) is 3.87. The van der Waals surface area contributed by atoms with Crippen molar-refractivity contribution in [2.24, 2.45) is 0 Å². The van der Waals surface area contributed by atoms with Gasteiger partial charge in [0.2, 0.25) is 0 Å². The Labute approximate surface area is 113 Å². The number of benzene rings is 2. The first-order chi connectivity index (χ1) is 8.90. The van der Waals surface area contributed by atoms with Gasteiger partial charge in [-0.15, -0.1) is 0 Å². The van der Waals surface area contributed by atoms with Gasteiger partial charge in [0.25, 0.3) is 0 Å². The Bertz CT molecular complexity index is 550. The second-order valence-corrected chi connectivity index (χ2v) is 5.91. The zero-order chi connectivity index (χ0) is 12.4. The highest BCUT2D eigenvalue weighted by Crippen LogP contribution is 2.36. The van der Waals surface area contributed by atoms with E-state index in [4.69, 9.17) is 0 Å². The van der Waals surface area contributed by atoms with Gasteiger partial charge in [0.15, 0.2) is 0 Å². The Kier molecular flexibility index (Phi) is 3.57. The van der Waals surface area contributed by atoms with Gasteiger partial charge in [0, 0.05) is 17.5 Å². The van der Waals surface area contributed by atoms with E-state index in [1.165, 1.54) is 34.1 Å². The van der Waals surface area contributed by atoms with Crippen LogP contribution >= 0.6 is 11.8 Å². The third-order valence-corrected chi connectivity index (χ3v) is 4.69. The van der Waals surface area contributed by atoms with E-state index in [0.29, 0.717) is 6.04 Å². The van der Waals surface area contributed by atoms with E-state index >= 15 is 0 Å². The largest absolute Gasteiger partial charge is 0.309 e. The second-order valence-electron chi connectivity index (χ2n) is 4.88. The van der Waals surface area contributed by atoms with Gasteiger partial charge in [-0.3, -0.25) is 0 Å². The zero-order valence-electron chi connectivity index (χ0n) is 10.8. The van der Waals surface area contributed by atoms with E-state index in [0.717, 1.165) is 12.3 Å². The van der Waals surface area contributed by atoms with Crippen LogP contribution in [0.5, 0.6) is 0 Å². The third kappa shape index (κ3) is 2.15. The maximum Gasteiger partial charge on any atom is 0.0415 e. The molecule has 0 saturated carbocycles. The van der Waals surface area contributed by atoms with Crippen LogP contribution in [0.2, 0.25) is 0 Å². The normalized spacial score (nSPS) is 18.8. The molecule has 94 valence electrons. The van der Waals surface area contributed by atoms with Crippen molar-refractivity contribution in [2.75, 3.05) is 12.3 Å². The van der Waals surface area contributed by atoms with Crippen molar-refractivity contribution >= 4 is 22.5 Å². The van der Waals surface area contributed by atoms with E-state index in [9.17, 15) is 0 Å². The minimum Gasteiger partial charge on any atom is -0.309 e. The third-order valence-electron chi connectivity index (χ3n) is 3.62. The van der Waals surface area contributed by atoms with Crippen molar-refractivity contribution in [3.8, 4) is 0 Å². The smallest absolute Gasteiger partial charge is 0.0415 e. The Morgan fingerprint density at radius 2 is 2.11 bits per heavy atom.